The van der Waals surface area contributed by atoms with Crippen LogP contribution in [0.3, 0.4) is 0 Å². The van der Waals surface area contributed by atoms with Gasteiger partial charge in [-0.25, -0.2) is 4.98 Å². The number of halogens is 1. The molecule has 0 aliphatic rings. The number of hydrogen-bond acceptors (Lipinski definition) is 3. The van der Waals surface area contributed by atoms with Gasteiger partial charge < -0.3 is 0 Å². The second-order valence-electron chi connectivity index (χ2n) is 4.78. The number of nitrogens with zero attached hydrogens (tertiary/aromatic N) is 2. The van der Waals surface area contributed by atoms with Gasteiger partial charge in [-0.2, -0.15) is 8.42 Å². The van der Waals surface area contributed by atoms with Crippen LogP contribution in [0.25, 0.3) is 5.65 Å². The molecule has 18 heavy (non-hydrogen) atoms. The van der Waals surface area contributed by atoms with Crippen molar-refractivity contribution in [3.05, 3.63) is 29.6 Å². The Bertz CT molecular complexity index is 689. The van der Waals surface area contributed by atoms with Gasteiger partial charge in [0.1, 0.15) is 5.65 Å². The fourth-order valence-corrected chi connectivity index (χ4v) is 2.80. The van der Waals surface area contributed by atoms with Crippen molar-refractivity contribution in [2.75, 3.05) is 0 Å². The fraction of sp³-hybridized carbons (Fsp3) is 0.417. The summed E-state index contributed by atoms with van der Waals surface area (Å²) >= 11 is 0. The van der Waals surface area contributed by atoms with Crippen molar-refractivity contribution in [2.24, 2.45) is 5.92 Å². The minimum Gasteiger partial charge on any atom is -0.288 e. The van der Waals surface area contributed by atoms with Crippen LogP contribution in [0.1, 0.15) is 25.1 Å². The monoisotopic (exact) mass is 270 g/mol. The molecule has 0 radical (unpaired) electrons. The summed E-state index contributed by atoms with van der Waals surface area (Å²) in [4.78, 5) is 4.26. The molecule has 98 valence electrons. The summed E-state index contributed by atoms with van der Waals surface area (Å²) in [6, 6.07) is 3.49. The van der Waals surface area contributed by atoms with Gasteiger partial charge in [-0.3, -0.25) is 4.40 Å². The van der Waals surface area contributed by atoms with E-state index in [0.29, 0.717) is 17.8 Å². The van der Waals surface area contributed by atoms with Crippen LogP contribution < -0.4 is 0 Å². The van der Waals surface area contributed by atoms with Gasteiger partial charge in [0.05, 0.1) is 5.69 Å². The van der Waals surface area contributed by atoms with Crippen molar-refractivity contribution in [2.45, 2.75) is 32.2 Å². The highest BCUT2D eigenvalue weighted by Crippen LogP contribution is 2.24. The van der Waals surface area contributed by atoms with E-state index in [2.05, 4.69) is 4.98 Å². The van der Waals surface area contributed by atoms with Gasteiger partial charge in [0.25, 0.3) is 0 Å². The topological polar surface area (TPSA) is 51.4 Å². The molecule has 4 nitrogen and oxygen atoms in total. The molecule has 0 fully saturated rings. The van der Waals surface area contributed by atoms with Gasteiger partial charge in [-0.1, -0.05) is 23.8 Å². The Morgan fingerprint density at radius 3 is 2.67 bits per heavy atom. The standard InChI is InChI=1S/C12H15FN2O2S/c1-8(2)7-10-12(18(13,16)17)15-6-4-5-9(3)11(15)14-10/h4-6,8H,7H2,1-3H3. The molecule has 0 aliphatic heterocycles. The largest absolute Gasteiger partial charge is 0.350 e. The molecule has 0 amide bonds. The van der Waals surface area contributed by atoms with E-state index in [-0.39, 0.29) is 10.9 Å². The van der Waals surface area contributed by atoms with Crippen molar-refractivity contribution in [3.8, 4) is 0 Å². The number of hydrogen-bond donors (Lipinski definition) is 0. The van der Waals surface area contributed by atoms with Gasteiger partial charge in [0, 0.05) is 6.20 Å². The molecule has 6 heteroatoms. The second-order valence-corrected chi connectivity index (χ2v) is 6.05. The SMILES string of the molecule is Cc1cccn2c(S(=O)(=O)F)c(CC(C)C)nc12. The van der Waals surface area contributed by atoms with Crippen LogP contribution in [0.5, 0.6) is 0 Å². The lowest BCUT2D eigenvalue weighted by Gasteiger charge is -2.03. The molecule has 0 N–H and O–H groups in total. The fourth-order valence-electron chi connectivity index (χ4n) is 2.01. The zero-order valence-electron chi connectivity index (χ0n) is 10.5. The van der Waals surface area contributed by atoms with Crippen LogP contribution in [0.2, 0.25) is 0 Å². The number of pyridine rings is 1. The van der Waals surface area contributed by atoms with E-state index in [1.54, 1.807) is 6.07 Å². The molecular formula is C12H15FN2O2S. The van der Waals surface area contributed by atoms with Crippen molar-refractivity contribution in [1.82, 2.24) is 9.38 Å². The molecule has 2 rings (SSSR count). The predicted molar refractivity (Wildman–Crippen MR) is 66.8 cm³/mol. The first kappa shape index (κ1) is 13.0. The number of fused-ring (bicyclic) bond motifs is 1. The summed E-state index contributed by atoms with van der Waals surface area (Å²) in [7, 11) is -4.78. The molecule has 0 bridgehead atoms. The van der Waals surface area contributed by atoms with E-state index in [1.807, 2.05) is 26.8 Å². The van der Waals surface area contributed by atoms with Crippen molar-refractivity contribution >= 4 is 15.9 Å². The summed E-state index contributed by atoms with van der Waals surface area (Å²) in [5.74, 6) is 0.204. The number of imidazole rings is 1. The summed E-state index contributed by atoms with van der Waals surface area (Å²) < 4.78 is 37.3. The molecule has 0 spiro atoms. The van der Waals surface area contributed by atoms with E-state index in [0.717, 1.165) is 5.56 Å². The van der Waals surface area contributed by atoms with Crippen LogP contribution >= 0.6 is 0 Å². The normalized spacial score (nSPS) is 12.5. The summed E-state index contributed by atoms with van der Waals surface area (Å²) in [6.07, 6.45) is 1.95. The average Bonchev–Trinajstić information content (AvgIpc) is 2.55. The molecule has 0 aromatic carbocycles. The van der Waals surface area contributed by atoms with Crippen molar-refractivity contribution in [1.29, 1.82) is 0 Å². The quantitative estimate of drug-likeness (QED) is 0.805. The first-order valence-corrected chi connectivity index (χ1v) is 7.10. The van der Waals surface area contributed by atoms with Gasteiger partial charge in [-0.15, -0.1) is 0 Å². The second kappa shape index (κ2) is 4.35. The number of rotatable bonds is 3. The highest BCUT2D eigenvalue weighted by molar-refractivity contribution is 7.86. The average molecular weight is 270 g/mol. The van der Waals surface area contributed by atoms with Crippen LogP contribution in [0.4, 0.5) is 3.89 Å². The maximum atomic E-state index is 13.4. The lowest BCUT2D eigenvalue weighted by atomic mass is 10.1. The zero-order chi connectivity index (χ0) is 13.5. The Hall–Kier alpha value is -1.43. The first-order chi connectivity index (χ1) is 8.30. The first-order valence-electron chi connectivity index (χ1n) is 5.72. The van der Waals surface area contributed by atoms with Crippen LogP contribution in [0, 0.1) is 12.8 Å². The summed E-state index contributed by atoms with van der Waals surface area (Å²) in [5.41, 5.74) is 1.60. The molecule has 0 saturated heterocycles. The van der Waals surface area contributed by atoms with E-state index >= 15 is 0 Å². The lowest BCUT2D eigenvalue weighted by Crippen LogP contribution is -2.04. The van der Waals surface area contributed by atoms with Gasteiger partial charge >= 0.3 is 10.2 Å². The Morgan fingerprint density at radius 1 is 1.44 bits per heavy atom. The maximum absolute atomic E-state index is 13.4. The highest BCUT2D eigenvalue weighted by atomic mass is 32.3. The van der Waals surface area contributed by atoms with Gasteiger partial charge in [-0.05, 0) is 30.9 Å². The van der Waals surface area contributed by atoms with E-state index in [1.165, 1.54) is 10.6 Å². The zero-order valence-corrected chi connectivity index (χ0v) is 11.3. The summed E-state index contributed by atoms with van der Waals surface area (Å²) in [5, 5.41) is -0.338. The highest BCUT2D eigenvalue weighted by Gasteiger charge is 2.25. The number of aromatic nitrogens is 2. The molecular weight excluding hydrogens is 255 g/mol. The Morgan fingerprint density at radius 2 is 2.11 bits per heavy atom. The maximum Gasteiger partial charge on any atom is 0.350 e. The molecule has 2 aromatic rings. The Balaban J connectivity index is 2.81. The van der Waals surface area contributed by atoms with Crippen LogP contribution in [0.15, 0.2) is 23.4 Å². The minimum absolute atomic E-state index is 0.204. The third kappa shape index (κ3) is 2.25. The molecule has 0 saturated carbocycles. The molecule has 0 aliphatic carbocycles. The summed E-state index contributed by atoms with van der Waals surface area (Å²) in [6.45, 7) is 5.69. The number of aryl methyl sites for hydroxylation is 1. The van der Waals surface area contributed by atoms with Crippen LogP contribution in [-0.4, -0.2) is 17.8 Å². The molecule has 2 aromatic heterocycles. The Kier molecular flexibility index (Phi) is 3.14. The van der Waals surface area contributed by atoms with E-state index in [9.17, 15) is 12.3 Å². The molecule has 0 unspecified atom stereocenters. The smallest absolute Gasteiger partial charge is 0.288 e. The van der Waals surface area contributed by atoms with Crippen LogP contribution in [-0.2, 0) is 16.6 Å². The third-order valence-electron chi connectivity index (χ3n) is 2.70. The van der Waals surface area contributed by atoms with Crippen molar-refractivity contribution < 1.29 is 12.3 Å². The lowest BCUT2D eigenvalue weighted by molar-refractivity contribution is 0.541. The third-order valence-corrected chi connectivity index (χ3v) is 3.60. The predicted octanol–water partition coefficient (Wildman–Crippen LogP) is 2.50. The minimum atomic E-state index is -4.78. The molecule has 0 atom stereocenters. The molecule has 2 heterocycles. The van der Waals surface area contributed by atoms with E-state index < -0.39 is 10.2 Å². The van der Waals surface area contributed by atoms with Gasteiger partial charge in [0.15, 0.2) is 5.03 Å². The van der Waals surface area contributed by atoms with Crippen molar-refractivity contribution in [3.63, 3.8) is 0 Å². The van der Waals surface area contributed by atoms with Gasteiger partial charge in [0.2, 0.25) is 0 Å². The van der Waals surface area contributed by atoms with E-state index in [4.69, 9.17) is 0 Å². The Labute approximate surface area is 106 Å².